The van der Waals surface area contributed by atoms with Gasteiger partial charge < -0.3 is 14.8 Å². The number of fused-ring (bicyclic) bond motifs is 1. The highest BCUT2D eigenvalue weighted by Crippen LogP contribution is 2.38. The first kappa shape index (κ1) is 19.6. The maximum atomic E-state index is 14.1. The second kappa shape index (κ2) is 8.73. The molecular formula is C23H20FN3O3. The Kier molecular flexibility index (Phi) is 5.70. The van der Waals surface area contributed by atoms with E-state index in [1.165, 1.54) is 12.1 Å². The van der Waals surface area contributed by atoms with E-state index in [1.807, 2.05) is 0 Å². The van der Waals surface area contributed by atoms with Crippen LogP contribution in [0, 0.1) is 5.82 Å². The van der Waals surface area contributed by atoms with Gasteiger partial charge in [0, 0.05) is 35.5 Å². The Morgan fingerprint density at radius 3 is 3.03 bits per heavy atom. The fraction of sp³-hybridized carbons (Fsp3) is 0.174. The molecule has 0 unspecified atom stereocenters. The molecule has 3 aromatic rings. The van der Waals surface area contributed by atoms with Crippen LogP contribution in [0.5, 0.6) is 11.5 Å². The van der Waals surface area contributed by atoms with E-state index in [0.717, 1.165) is 5.56 Å². The number of halogens is 1. The SMILES string of the molecule is C=CCOc1cccc(C(=O)NC[C@H]2Cc3cc(F)cc(-c4cnccn4)c3O2)c1. The zero-order valence-corrected chi connectivity index (χ0v) is 16.2. The molecule has 1 amide bonds. The minimum absolute atomic E-state index is 0.237. The number of ether oxygens (including phenoxy) is 2. The second-order valence-electron chi connectivity index (χ2n) is 6.81. The van der Waals surface area contributed by atoms with E-state index < -0.39 is 0 Å². The number of nitrogens with zero attached hydrogens (tertiary/aromatic N) is 2. The summed E-state index contributed by atoms with van der Waals surface area (Å²) >= 11 is 0. The fourth-order valence-electron chi connectivity index (χ4n) is 3.33. The van der Waals surface area contributed by atoms with Gasteiger partial charge in [-0.2, -0.15) is 0 Å². The summed E-state index contributed by atoms with van der Waals surface area (Å²) in [6, 6.07) is 9.76. The quantitative estimate of drug-likeness (QED) is 0.609. The van der Waals surface area contributed by atoms with Crippen molar-refractivity contribution in [3.05, 3.63) is 84.6 Å². The van der Waals surface area contributed by atoms with Gasteiger partial charge in [-0.25, -0.2) is 4.39 Å². The predicted octanol–water partition coefficient (Wildman–Crippen LogP) is 3.58. The van der Waals surface area contributed by atoms with Crippen LogP contribution in [-0.4, -0.2) is 35.1 Å². The average Bonchev–Trinajstić information content (AvgIpc) is 3.19. The summed E-state index contributed by atoms with van der Waals surface area (Å²) in [6.07, 6.45) is 6.49. The number of hydrogen-bond acceptors (Lipinski definition) is 5. The Labute approximate surface area is 173 Å². The van der Waals surface area contributed by atoms with Gasteiger partial charge in [0.25, 0.3) is 5.91 Å². The predicted molar refractivity (Wildman–Crippen MR) is 110 cm³/mol. The third kappa shape index (κ3) is 4.30. The highest BCUT2D eigenvalue weighted by Gasteiger charge is 2.28. The van der Waals surface area contributed by atoms with Crippen LogP contribution in [-0.2, 0) is 6.42 Å². The van der Waals surface area contributed by atoms with E-state index >= 15 is 0 Å². The molecule has 30 heavy (non-hydrogen) atoms. The minimum Gasteiger partial charge on any atom is -0.490 e. The van der Waals surface area contributed by atoms with Gasteiger partial charge in [0.05, 0.1) is 18.4 Å². The van der Waals surface area contributed by atoms with Gasteiger partial charge in [-0.1, -0.05) is 18.7 Å². The van der Waals surface area contributed by atoms with Crippen LogP contribution in [0.1, 0.15) is 15.9 Å². The summed E-state index contributed by atoms with van der Waals surface area (Å²) in [6.45, 7) is 4.26. The van der Waals surface area contributed by atoms with Gasteiger partial charge in [0.2, 0.25) is 0 Å². The number of aromatic nitrogens is 2. The molecule has 152 valence electrons. The second-order valence-corrected chi connectivity index (χ2v) is 6.81. The molecule has 0 aliphatic carbocycles. The van der Waals surface area contributed by atoms with Gasteiger partial charge in [-0.15, -0.1) is 0 Å². The van der Waals surface area contributed by atoms with Crippen molar-refractivity contribution in [1.82, 2.24) is 15.3 Å². The van der Waals surface area contributed by atoms with Crippen molar-refractivity contribution in [2.75, 3.05) is 13.2 Å². The number of nitrogens with one attached hydrogen (secondary N) is 1. The largest absolute Gasteiger partial charge is 0.490 e. The Balaban J connectivity index is 1.43. The number of carbonyl (C=O) groups excluding carboxylic acids is 1. The molecule has 1 aliphatic rings. The molecule has 1 aromatic heterocycles. The normalized spacial score (nSPS) is 14.5. The molecule has 7 heteroatoms. The van der Waals surface area contributed by atoms with Crippen molar-refractivity contribution in [2.24, 2.45) is 0 Å². The third-order valence-corrected chi connectivity index (χ3v) is 4.66. The molecule has 0 spiro atoms. The lowest BCUT2D eigenvalue weighted by atomic mass is 10.0. The summed E-state index contributed by atoms with van der Waals surface area (Å²) in [5, 5.41) is 2.87. The zero-order chi connectivity index (χ0) is 20.9. The van der Waals surface area contributed by atoms with E-state index in [9.17, 15) is 9.18 Å². The Morgan fingerprint density at radius 1 is 1.33 bits per heavy atom. The summed E-state index contributed by atoms with van der Waals surface area (Å²) in [4.78, 5) is 20.8. The van der Waals surface area contributed by atoms with Crippen molar-refractivity contribution >= 4 is 5.91 Å². The molecule has 1 atom stereocenters. The first-order valence-electron chi connectivity index (χ1n) is 9.51. The molecule has 1 aliphatic heterocycles. The Morgan fingerprint density at radius 2 is 2.23 bits per heavy atom. The number of rotatable bonds is 7. The van der Waals surface area contributed by atoms with Crippen molar-refractivity contribution in [3.8, 4) is 22.8 Å². The smallest absolute Gasteiger partial charge is 0.251 e. The molecular weight excluding hydrogens is 385 g/mol. The van der Waals surface area contributed by atoms with Crippen molar-refractivity contribution in [1.29, 1.82) is 0 Å². The van der Waals surface area contributed by atoms with Crippen LogP contribution in [0.15, 0.2) is 67.6 Å². The molecule has 6 nitrogen and oxygen atoms in total. The lowest BCUT2D eigenvalue weighted by Gasteiger charge is -2.14. The highest BCUT2D eigenvalue weighted by molar-refractivity contribution is 5.94. The average molecular weight is 405 g/mol. The van der Waals surface area contributed by atoms with Crippen LogP contribution in [0.3, 0.4) is 0 Å². The molecule has 2 heterocycles. The monoisotopic (exact) mass is 405 g/mol. The number of benzene rings is 2. The van der Waals surface area contributed by atoms with E-state index in [0.29, 0.717) is 41.3 Å². The summed E-state index contributed by atoms with van der Waals surface area (Å²) in [7, 11) is 0. The minimum atomic E-state index is -0.362. The highest BCUT2D eigenvalue weighted by atomic mass is 19.1. The van der Waals surface area contributed by atoms with Crippen LogP contribution >= 0.6 is 0 Å². The van der Waals surface area contributed by atoms with Crippen molar-refractivity contribution in [2.45, 2.75) is 12.5 Å². The molecule has 0 fully saturated rings. The Bertz CT molecular complexity index is 1070. The Hall–Kier alpha value is -3.74. The first-order valence-corrected chi connectivity index (χ1v) is 9.51. The molecule has 2 aromatic carbocycles. The van der Waals surface area contributed by atoms with Crippen molar-refractivity contribution in [3.63, 3.8) is 0 Å². The van der Waals surface area contributed by atoms with Gasteiger partial charge in [-0.3, -0.25) is 14.8 Å². The van der Waals surface area contributed by atoms with Crippen LogP contribution in [0.4, 0.5) is 4.39 Å². The maximum Gasteiger partial charge on any atom is 0.251 e. The van der Waals surface area contributed by atoms with E-state index in [4.69, 9.17) is 9.47 Å². The third-order valence-electron chi connectivity index (χ3n) is 4.66. The lowest BCUT2D eigenvalue weighted by molar-refractivity contribution is 0.0933. The fourth-order valence-corrected chi connectivity index (χ4v) is 3.33. The topological polar surface area (TPSA) is 73.3 Å². The van der Waals surface area contributed by atoms with Crippen LogP contribution in [0.2, 0.25) is 0 Å². The number of hydrogen-bond donors (Lipinski definition) is 1. The van der Waals surface area contributed by atoms with E-state index in [2.05, 4.69) is 21.9 Å². The zero-order valence-electron chi connectivity index (χ0n) is 16.2. The molecule has 0 saturated heterocycles. The van der Waals surface area contributed by atoms with E-state index in [-0.39, 0.29) is 24.4 Å². The number of carbonyl (C=O) groups is 1. The summed E-state index contributed by atoms with van der Waals surface area (Å²) < 4.78 is 25.6. The van der Waals surface area contributed by atoms with Gasteiger partial charge in [0.15, 0.2) is 0 Å². The summed E-state index contributed by atoms with van der Waals surface area (Å²) in [5.74, 6) is 0.574. The molecule has 0 saturated carbocycles. The number of amides is 1. The van der Waals surface area contributed by atoms with Crippen molar-refractivity contribution < 1.29 is 18.7 Å². The lowest BCUT2D eigenvalue weighted by Crippen LogP contribution is -2.34. The van der Waals surface area contributed by atoms with Crippen LogP contribution in [0.25, 0.3) is 11.3 Å². The van der Waals surface area contributed by atoms with Gasteiger partial charge in [-0.05, 0) is 30.3 Å². The summed E-state index contributed by atoms with van der Waals surface area (Å²) in [5.41, 5.74) is 2.32. The maximum absolute atomic E-state index is 14.1. The van der Waals surface area contributed by atoms with Gasteiger partial charge >= 0.3 is 0 Å². The van der Waals surface area contributed by atoms with Gasteiger partial charge in [0.1, 0.15) is 30.0 Å². The van der Waals surface area contributed by atoms with Crippen LogP contribution < -0.4 is 14.8 Å². The standard InChI is InChI=1S/C23H20FN3O3/c1-2-8-29-18-5-3-4-15(10-18)23(28)27-13-19-11-16-9-17(24)12-20(22(16)30-19)21-14-25-6-7-26-21/h2-7,9-10,12,14,19H,1,8,11,13H2,(H,27,28)/t19-/m1/s1. The molecule has 1 N–H and O–H groups in total. The molecule has 0 bridgehead atoms. The van der Waals surface area contributed by atoms with E-state index in [1.54, 1.807) is 48.9 Å². The molecule has 0 radical (unpaired) electrons. The molecule has 4 rings (SSSR count). The first-order chi connectivity index (χ1) is 14.6.